The van der Waals surface area contributed by atoms with Crippen LogP contribution in [0, 0.1) is 34.6 Å². The topological polar surface area (TPSA) is 53.7 Å². The molecule has 0 amide bonds. The van der Waals surface area contributed by atoms with E-state index in [4.69, 9.17) is 16.3 Å². The number of ether oxygens (including phenoxy) is 1. The minimum atomic E-state index is 0.673. The number of benzene rings is 2. The van der Waals surface area contributed by atoms with Crippen LogP contribution in [0.25, 0.3) is 22.0 Å². The molecule has 2 N–H and O–H groups in total. The SMILES string of the molecule is Cc1cc(OCCCc2c(C)[nH]c3c(-c4c(C)n[nH]c4C)cccc23)cc(C)c1Cl. The summed E-state index contributed by atoms with van der Waals surface area (Å²) in [6.07, 6.45) is 1.91. The first-order chi connectivity index (χ1) is 14.4. The number of aromatic amines is 2. The highest BCUT2D eigenvalue weighted by atomic mass is 35.5. The molecule has 0 unspecified atom stereocenters. The van der Waals surface area contributed by atoms with E-state index in [1.807, 2.05) is 32.9 Å². The highest BCUT2D eigenvalue weighted by Crippen LogP contribution is 2.34. The number of nitrogens with one attached hydrogen (secondary N) is 2. The number of H-pyrrole nitrogens is 2. The van der Waals surface area contributed by atoms with E-state index in [0.29, 0.717) is 6.61 Å². The number of aromatic nitrogens is 3. The van der Waals surface area contributed by atoms with Crippen LogP contribution in [0.1, 0.15) is 40.2 Å². The monoisotopic (exact) mass is 421 g/mol. The van der Waals surface area contributed by atoms with Crippen LogP contribution in [0.3, 0.4) is 0 Å². The lowest BCUT2D eigenvalue weighted by Crippen LogP contribution is -2.00. The van der Waals surface area contributed by atoms with Gasteiger partial charge >= 0.3 is 0 Å². The fourth-order valence-corrected chi connectivity index (χ4v) is 4.42. The Morgan fingerprint density at radius 2 is 1.73 bits per heavy atom. The average Bonchev–Trinajstić information content (AvgIpc) is 3.21. The Morgan fingerprint density at radius 3 is 2.40 bits per heavy atom. The Labute approximate surface area is 182 Å². The van der Waals surface area contributed by atoms with Crippen LogP contribution in [0.4, 0.5) is 0 Å². The number of rotatable bonds is 6. The van der Waals surface area contributed by atoms with Gasteiger partial charge in [-0.3, -0.25) is 5.10 Å². The molecule has 2 heterocycles. The smallest absolute Gasteiger partial charge is 0.119 e. The zero-order chi connectivity index (χ0) is 21.4. The highest BCUT2D eigenvalue weighted by molar-refractivity contribution is 6.32. The normalized spacial score (nSPS) is 11.4. The molecular weight excluding hydrogens is 394 g/mol. The van der Waals surface area contributed by atoms with Crippen molar-refractivity contribution in [3.8, 4) is 16.9 Å². The number of hydrogen-bond acceptors (Lipinski definition) is 2. The van der Waals surface area contributed by atoms with Gasteiger partial charge in [0.05, 0.1) is 17.8 Å². The summed E-state index contributed by atoms with van der Waals surface area (Å²) in [4.78, 5) is 3.62. The predicted molar refractivity (Wildman–Crippen MR) is 125 cm³/mol. The molecule has 0 atom stereocenters. The van der Waals surface area contributed by atoms with Gasteiger partial charge < -0.3 is 9.72 Å². The molecule has 0 radical (unpaired) electrons. The van der Waals surface area contributed by atoms with E-state index in [0.717, 1.165) is 46.1 Å². The molecule has 2 aromatic heterocycles. The Morgan fingerprint density at radius 1 is 1.00 bits per heavy atom. The summed E-state index contributed by atoms with van der Waals surface area (Å²) in [6.45, 7) is 11.0. The van der Waals surface area contributed by atoms with Crippen LogP contribution in [0.5, 0.6) is 5.75 Å². The van der Waals surface area contributed by atoms with E-state index in [-0.39, 0.29) is 0 Å². The standard InChI is InChI=1S/C25H28ClN3O/c1-14-12-19(13-15(2)24(14)26)30-11-7-10-20-16(3)27-25-21(20)8-6-9-22(25)23-17(4)28-29-18(23)5/h6,8-9,12-13,27H,7,10-11H2,1-5H3,(H,28,29). The van der Waals surface area contributed by atoms with E-state index in [1.165, 1.54) is 33.3 Å². The van der Waals surface area contributed by atoms with E-state index >= 15 is 0 Å². The summed E-state index contributed by atoms with van der Waals surface area (Å²) in [5, 5.41) is 9.57. The van der Waals surface area contributed by atoms with Crippen LogP contribution in [0.15, 0.2) is 30.3 Å². The number of aryl methyl sites for hydroxylation is 6. The first-order valence-corrected chi connectivity index (χ1v) is 10.8. The lowest BCUT2D eigenvalue weighted by Gasteiger charge is -2.10. The molecule has 2 aromatic carbocycles. The predicted octanol–water partition coefficient (Wildman–Crippen LogP) is 6.77. The second-order valence-corrected chi connectivity index (χ2v) is 8.47. The molecule has 4 rings (SSSR count). The summed E-state index contributed by atoms with van der Waals surface area (Å²) in [7, 11) is 0. The molecule has 30 heavy (non-hydrogen) atoms. The fraction of sp³-hybridized carbons (Fsp3) is 0.320. The average molecular weight is 422 g/mol. The Hall–Kier alpha value is -2.72. The molecule has 0 bridgehead atoms. The van der Waals surface area contributed by atoms with Gasteiger partial charge in [-0.15, -0.1) is 0 Å². The molecule has 0 aliphatic carbocycles. The first-order valence-electron chi connectivity index (χ1n) is 10.4. The molecular formula is C25H28ClN3O. The third kappa shape index (κ3) is 3.72. The van der Waals surface area contributed by atoms with Crippen molar-refractivity contribution in [2.45, 2.75) is 47.5 Å². The molecule has 0 saturated heterocycles. The van der Waals surface area contributed by atoms with Gasteiger partial charge in [-0.2, -0.15) is 5.10 Å². The quantitative estimate of drug-likeness (QED) is 0.337. The van der Waals surface area contributed by atoms with Gasteiger partial charge in [-0.05, 0) is 76.3 Å². The Balaban J connectivity index is 1.53. The van der Waals surface area contributed by atoms with Crippen molar-refractivity contribution in [2.24, 2.45) is 0 Å². The van der Waals surface area contributed by atoms with Gasteiger partial charge in [-0.25, -0.2) is 0 Å². The zero-order valence-electron chi connectivity index (χ0n) is 18.2. The van der Waals surface area contributed by atoms with Gasteiger partial charge in [0.25, 0.3) is 0 Å². The Bertz CT molecular complexity index is 1180. The van der Waals surface area contributed by atoms with E-state index in [9.17, 15) is 0 Å². The van der Waals surface area contributed by atoms with Crippen molar-refractivity contribution in [2.75, 3.05) is 6.61 Å². The lowest BCUT2D eigenvalue weighted by molar-refractivity contribution is 0.310. The van der Waals surface area contributed by atoms with Crippen molar-refractivity contribution in [3.05, 3.63) is 69.1 Å². The minimum absolute atomic E-state index is 0.673. The second-order valence-electron chi connectivity index (χ2n) is 8.09. The van der Waals surface area contributed by atoms with E-state index in [1.54, 1.807) is 0 Å². The number of para-hydroxylation sites is 1. The number of nitrogens with zero attached hydrogens (tertiary/aromatic N) is 1. The minimum Gasteiger partial charge on any atom is -0.494 e. The lowest BCUT2D eigenvalue weighted by atomic mass is 9.99. The maximum Gasteiger partial charge on any atom is 0.119 e. The summed E-state index contributed by atoms with van der Waals surface area (Å²) in [6, 6.07) is 10.5. The molecule has 5 heteroatoms. The summed E-state index contributed by atoms with van der Waals surface area (Å²) >= 11 is 6.26. The van der Waals surface area contributed by atoms with Crippen molar-refractivity contribution in [1.82, 2.24) is 15.2 Å². The van der Waals surface area contributed by atoms with E-state index < -0.39 is 0 Å². The van der Waals surface area contributed by atoms with Crippen LogP contribution in [-0.4, -0.2) is 21.8 Å². The zero-order valence-corrected chi connectivity index (χ0v) is 19.0. The van der Waals surface area contributed by atoms with Gasteiger partial charge in [0.2, 0.25) is 0 Å². The van der Waals surface area contributed by atoms with Gasteiger partial charge in [0.1, 0.15) is 5.75 Å². The maximum atomic E-state index is 6.26. The molecule has 0 spiro atoms. The van der Waals surface area contributed by atoms with E-state index in [2.05, 4.69) is 47.2 Å². The molecule has 0 aliphatic heterocycles. The maximum absolute atomic E-state index is 6.26. The van der Waals surface area contributed by atoms with Crippen LogP contribution >= 0.6 is 11.6 Å². The number of hydrogen-bond donors (Lipinski definition) is 2. The molecule has 4 aromatic rings. The molecule has 156 valence electrons. The van der Waals surface area contributed by atoms with Crippen molar-refractivity contribution in [3.63, 3.8) is 0 Å². The molecule has 0 saturated carbocycles. The summed E-state index contributed by atoms with van der Waals surface area (Å²) in [5.41, 5.74) is 10.4. The van der Waals surface area contributed by atoms with Crippen molar-refractivity contribution >= 4 is 22.5 Å². The van der Waals surface area contributed by atoms with Gasteiger partial charge in [0.15, 0.2) is 0 Å². The van der Waals surface area contributed by atoms with Crippen LogP contribution in [-0.2, 0) is 6.42 Å². The number of halogens is 1. The number of fused-ring (bicyclic) bond motifs is 1. The molecule has 0 aliphatic rings. The largest absolute Gasteiger partial charge is 0.494 e. The fourth-order valence-electron chi connectivity index (χ4n) is 4.31. The van der Waals surface area contributed by atoms with Crippen LogP contribution in [0.2, 0.25) is 5.02 Å². The molecule has 0 fully saturated rings. The van der Waals surface area contributed by atoms with Gasteiger partial charge in [0, 0.05) is 32.9 Å². The van der Waals surface area contributed by atoms with Crippen molar-refractivity contribution < 1.29 is 4.74 Å². The molecule has 4 nitrogen and oxygen atoms in total. The Kier molecular flexibility index (Phi) is 5.61. The second kappa shape index (κ2) is 8.19. The summed E-state index contributed by atoms with van der Waals surface area (Å²) < 4.78 is 6.01. The summed E-state index contributed by atoms with van der Waals surface area (Å²) in [5.74, 6) is 0.887. The highest BCUT2D eigenvalue weighted by Gasteiger charge is 2.16. The van der Waals surface area contributed by atoms with Gasteiger partial charge in [-0.1, -0.05) is 29.8 Å². The first kappa shape index (κ1) is 20.5. The third-order valence-corrected chi connectivity index (χ3v) is 6.40. The van der Waals surface area contributed by atoms with Crippen molar-refractivity contribution in [1.29, 1.82) is 0 Å². The third-order valence-electron chi connectivity index (χ3n) is 5.80. The van der Waals surface area contributed by atoms with Crippen LogP contribution < -0.4 is 4.74 Å².